The van der Waals surface area contributed by atoms with E-state index in [4.69, 9.17) is 10.00 Å². The molecule has 1 unspecified atom stereocenters. The van der Waals surface area contributed by atoms with Crippen LogP contribution in [-0.2, 0) is 20.3 Å². The Morgan fingerprint density at radius 1 is 1.47 bits per heavy atom. The van der Waals surface area contributed by atoms with Crippen molar-refractivity contribution in [3.63, 3.8) is 0 Å². The van der Waals surface area contributed by atoms with Crippen molar-refractivity contribution < 1.29 is 13.7 Å². The van der Waals surface area contributed by atoms with Gasteiger partial charge >= 0.3 is 0 Å². The fourth-order valence-electron chi connectivity index (χ4n) is 1.46. The molecule has 1 amide bonds. The van der Waals surface area contributed by atoms with Gasteiger partial charge in [0.2, 0.25) is 5.91 Å². The van der Waals surface area contributed by atoms with Crippen LogP contribution in [0, 0.1) is 11.3 Å². The fraction of sp³-hybridized carbons (Fsp3) is 0.385. The van der Waals surface area contributed by atoms with Gasteiger partial charge in [0.15, 0.2) is 0 Å². The third-order valence-electron chi connectivity index (χ3n) is 2.33. The molecule has 1 aromatic rings. The van der Waals surface area contributed by atoms with Crippen molar-refractivity contribution >= 4 is 22.4 Å². The molecule has 1 N–H and O–H groups in total. The number of carbonyl (C=O) groups is 1. The first kappa shape index (κ1) is 15.3. The van der Waals surface area contributed by atoms with Crippen molar-refractivity contribution in [1.29, 1.82) is 5.26 Å². The van der Waals surface area contributed by atoms with Crippen LogP contribution in [0.25, 0.3) is 0 Å². The summed E-state index contributed by atoms with van der Waals surface area (Å²) in [5.41, 5.74) is 0.838. The Kier molecular flexibility index (Phi) is 6.79. The van der Waals surface area contributed by atoms with Gasteiger partial charge in [0.1, 0.15) is 11.8 Å². The molecule has 0 aliphatic rings. The van der Waals surface area contributed by atoms with Crippen LogP contribution >= 0.6 is 0 Å². The van der Waals surface area contributed by atoms with Crippen LogP contribution in [-0.4, -0.2) is 35.3 Å². The van der Waals surface area contributed by atoms with Gasteiger partial charge in [0.05, 0.1) is 11.3 Å². The standard InChI is InChI=1S/C13H16N2O3S/c1-18-7-4-8-19(17)10-13(16)15-12-6-3-2-5-11(12)9-14/h2-3,5-6H,4,7-8,10H2,1H3,(H,15,16). The normalized spacial score (nSPS) is 11.6. The molecule has 1 aromatic carbocycles. The van der Waals surface area contributed by atoms with Crippen molar-refractivity contribution in [1.82, 2.24) is 0 Å². The van der Waals surface area contributed by atoms with E-state index in [-0.39, 0.29) is 11.7 Å². The number of benzene rings is 1. The molecule has 1 atom stereocenters. The van der Waals surface area contributed by atoms with E-state index in [1.54, 1.807) is 31.4 Å². The molecule has 0 heterocycles. The van der Waals surface area contributed by atoms with E-state index in [0.29, 0.717) is 30.0 Å². The molecule has 0 aliphatic carbocycles. The highest BCUT2D eigenvalue weighted by atomic mass is 32.2. The molecule has 0 fully saturated rings. The zero-order valence-corrected chi connectivity index (χ0v) is 11.5. The minimum absolute atomic E-state index is 0.0660. The van der Waals surface area contributed by atoms with Crippen molar-refractivity contribution in [3.05, 3.63) is 29.8 Å². The van der Waals surface area contributed by atoms with Gasteiger partial charge in [0.25, 0.3) is 0 Å². The molecule has 1 rings (SSSR count). The SMILES string of the molecule is COCCCS(=O)CC(=O)Nc1ccccc1C#N. The predicted molar refractivity (Wildman–Crippen MR) is 74.2 cm³/mol. The van der Waals surface area contributed by atoms with Crippen molar-refractivity contribution in [2.75, 3.05) is 30.5 Å². The number of methoxy groups -OCH3 is 1. The highest BCUT2D eigenvalue weighted by Gasteiger charge is 2.10. The lowest BCUT2D eigenvalue weighted by Gasteiger charge is -2.06. The van der Waals surface area contributed by atoms with Gasteiger partial charge in [-0.2, -0.15) is 5.26 Å². The second kappa shape index (κ2) is 8.40. The summed E-state index contributed by atoms with van der Waals surface area (Å²) in [4.78, 5) is 11.7. The Bertz CT molecular complexity index is 497. The van der Waals surface area contributed by atoms with Gasteiger partial charge in [-0.3, -0.25) is 9.00 Å². The third-order valence-corrected chi connectivity index (χ3v) is 3.66. The minimum atomic E-state index is -1.21. The smallest absolute Gasteiger partial charge is 0.237 e. The van der Waals surface area contributed by atoms with E-state index in [0.717, 1.165) is 0 Å². The molecule has 0 saturated heterocycles. The number of anilines is 1. The predicted octanol–water partition coefficient (Wildman–Crippen LogP) is 1.28. The molecular weight excluding hydrogens is 264 g/mol. The number of nitrogens with zero attached hydrogens (tertiary/aromatic N) is 1. The van der Waals surface area contributed by atoms with Crippen molar-refractivity contribution in [2.24, 2.45) is 0 Å². The first-order valence-electron chi connectivity index (χ1n) is 5.80. The lowest BCUT2D eigenvalue weighted by molar-refractivity contribution is -0.113. The first-order valence-corrected chi connectivity index (χ1v) is 7.29. The summed E-state index contributed by atoms with van der Waals surface area (Å²) in [5.74, 6) is 0.0171. The zero-order valence-electron chi connectivity index (χ0n) is 10.7. The van der Waals surface area contributed by atoms with Crippen LogP contribution in [0.15, 0.2) is 24.3 Å². The Morgan fingerprint density at radius 2 is 2.21 bits per heavy atom. The maximum Gasteiger partial charge on any atom is 0.237 e. The summed E-state index contributed by atoms with van der Waals surface area (Å²) in [6.45, 7) is 0.532. The molecule has 0 bridgehead atoms. The Morgan fingerprint density at radius 3 is 2.89 bits per heavy atom. The van der Waals surface area contributed by atoms with E-state index >= 15 is 0 Å². The second-order valence-electron chi connectivity index (χ2n) is 3.84. The fourth-order valence-corrected chi connectivity index (χ4v) is 2.41. The van der Waals surface area contributed by atoms with Crippen LogP contribution in [0.1, 0.15) is 12.0 Å². The van der Waals surface area contributed by atoms with Crippen LogP contribution in [0.3, 0.4) is 0 Å². The van der Waals surface area contributed by atoms with Crippen LogP contribution in [0.2, 0.25) is 0 Å². The summed E-state index contributed by atoms with van der Waals surface area (Å²) in [7, 11) is 0.369. The molecule has 0 aromatic heterocycles. The molecule has 0 radical (unpaired) electrons. The van der Waals surface area contributed by atoms with Crippen LogP contribution in [0.4, 0.5) is 5.69 Å². The van der Waals surface area contributed by atoms with Gasteiger partial charge < -0.3 is 10.1 Å². The summed E-state index contributed by atoms with van der Waals surface area (Å²) in [6.07, 6.45) is 0.658. The number of ether oxygens (including phenoxy) is 1. The van der Waals surface area contributed by atoms with Gasteiger partial charge in [-0.15, -0.1) is 0 Å². The number of hydrogen-bond acceptors (Lipinski definition) is 4. The topological polar surface area (TPSA) is 79.2 Å². The summed E-state index contributed by atoms with van der Waals surface area (Å²) < 4.78 is 16.5. The van der Waals surface area contributed by atoms with Gasteiger partial charge in [0, 0.05) is 30.3 Å². The lowest BCUT2D eigenvalue weighted by atomic mass is 10.2. The number of nitrogens with one attached hydrogen (secondary N) is 1. The molecule has 0 spiro atoms. The maximum absolute atomic E-state index is 11.7. The summed E-state index contributed by atoms with van der Waals surface area (Å²) in [6, 6.07) is 8.70. The Labute approximate surface area is 115 Å². The van der Waals surface area contributed by atoms with Crippen LogP contribution < -0.4 is 5.32 Å². The van der Waals surface area contributed by atoms with E-state index in [1.165, 1.54) is 0 Å². The largest absolute Gasteiger partial charge is 0.385 e. The number of nitriles is 1. The molecule has 102 valence electrons. The monoisotopic (exact) mass is 280 g/mol. The van der Waals surface area contributed by atoms with Crippen molar-refractivity contribution in [3.8, 4) is 6.07 Å². The maximum atomic E-state index is 11.7. The Balaban J connectivity index is 2.47. The van der Waals surface area contributed by atoms with E-state index < -0.39 is 10.8 Å². The van der Waals surface area contributed by atoms with E-state index in [9.17, 15) is 9.00 Å². The summed E-state index contributed by atoms with van der Waals surface area (Å²) in [5, 5.41) is 11.5. The van der Waals surface area contributed by atoms with Gasteiger partial charge in [-0.1, -0.05) is 12.1 Å². The Hall–Kier alpha value is -1.71. The third kappa shape index (κ3) is 5.64. The number of para-hydroxylation sites is 1. The van der Waals surface area contributed by atoms with Gasteiger partial charge in [-0.25, -0.2) is 0 Å². The quantitative estimate of drug-likeness (QED) is 0.763. The molecule has 0 aliphatic heterocycles. The van der Waals surface area contributed by atoms with Crippen LogP contribution in [0.5, 0.6) is 0 Å². The number of hydrogen-bond donors (Lipinski definition) is 1. The highest BCUT2D eigenvalue weighted by Crippen LogP contribution is 2.13. The van der Waals surface area contributed by atoms with E-state index in [2.05, 4.69) is 5.32 Å². The first-order chi connectivity index (χ1) is 9.17. The molecule has 19 heavy (non-hydrogen) atoms. The van der Waals surface area contributed by atoms with Crippen molar-refractivity contribution in [2.45, 2.75) is 6.42 Å². The molecule has 6 heteroatoms. The van der Waals surface area contributed by atoms with Gasteiger partial charge in [-0.05, 0) is 18.6 Å². The molecule has 0 saturated carbocycles. The average molecular weight is 280 g/mol. The molecular formula is C13H16N2O3S. The lowest BCUT2D eigenvalue weighted by Crippen LogP contribution is -2.21. The average Bonchev–Trinajstić information content (AvgIpc) is 2.39. The number of rotatable bonds is 7. The summed E-state index contributed by atoms with van der Waals surface area (Å²) >= 11 is 0. The minimum Gasteiger partial charge on any atom is -0.385 e. The molecule has 5 nitrogen and oxygen atoms in total. The van der Waals surface area contributed by atoms with E-state index in [1.807, 2.05) is 6.07 Å². The highest BCUT2D eigenvalue weighted by molar-refractivity contribution is 7.85. The number of carbonyl (C=O) groups excluding carboxylic acids is 1. The second-order valence-corrected chi connectivity index (χ2v) is 5.42. The number of amides is 1. The zero-order chi connectivity index (χ0) is 14.1.